The molecule has 3 aliphatic rings. The molecule has 3 saturated heterocycles. The quantitative estimate of drug-likeness (QED) is 0.334. The molecular weight excluding hydrogens is 490 g/mol. The Labute approximate surface area is 229 Å². The molecule has 0 radical (unpaired) electrons. The van der Waals surface area contributed by atoms with Crippen LogP contribution in [0, 0.1) is 24.2 Å². The van der Waals surface area contributed by atoms with Crippen LogP contribution in [-0.4, -0.2) is 69.4 Å². The Morgan fingerprint density at radius 1 is 1.10 bits per heavy atom. The lowest BCUT2D eigenvalue weighted by Gasteiger charge is -2.43. The summed E-state index contributed by atoms with van der Waals surface area (Å²) in [6.45, 7) is 4.10. The number of nitrogens with zero attached hydrogens (tertiary/aromatic N) is 5. The molecule has 3 aliphatic heterocycles. The number of ether oxygens (including phenoxy) is 1. The van der Waals surface area contributed by atoms with Gasteiger partial charge in [0.05, 0.1) is 11.6 Å². The third-order valence-electron chi connectivity index (χ3n) is 8.43. The topological polar surface area (TPSA) is 127 Å². The van der Waals surface area contributed by atoms with E-state index in [2.05, 4.69) is 44.2 Å². The lowest BCUT2D eigenvalue weighted by atomic mass is 9.77. The average Bonchev–Trinajstić information content (AvgIpc) is 3.32. The smallest absolute Gasteiger partial charge is 0.225 e. The minimum Gasteiger partial charge on any atom is -0.490 e. The predicted molar refractivity (Wildman–Crippen MR) is 152 cm³/mol. The molecule has 4 atom stereocenters. The fraction of sp³-hybridized carbons (Fsp3) is 0.586. The van der Waals surface area contributed by atoms with E-state index in [-0.39, 0.29) is 6.10 Å². The number of hydrogen-bond acceptors (Lipinski definition) is 9. The van der Waals surface area contributed by atoms with Gasteiger partial charge in [-0.05, 0) is 77.0 Å². The van der Waals surface area contributed by atoms with Gasteiger partial charge in [0.2, 0.25) is 5.95 Å². The van der Waals surface area contributed by atoms with Crippen LogP contribution in [0.1, 0.15) is 57.1 Å². The number of likely N-dealkylation sites (tertiary alicyclic amines) is 1. The number of aromatic amines is 1. The third-order valence-corrected chi connectivity index (χ3v) is 8.43. The van der Waals surface area contributed by atoms with Gasteiger partial charge >= 0.3 is 0 Å². The Bertz CT molecular complexity index is 1310. The molecule has 2 aromatic heterocycles. The molecule has 0 aliphatic carbocycles. The predicted octanol–water partition coefficient (Wildman–Crippen LogP) is 4.49. The number of nitriles is 1. The number of nitrogens with one attached hydrogen (secondary N) is 4. The molecular formula is C29H39N9O. The van der Waals surface area contributed by atoms with Crippen LogP contribution >= 0.6 is 0 Å². The minimum atomic E-state index is 0.230. The Morgan fingerprint density at radius 3 is 2.62 bits per heavy atom. The summed E-state index contributed by atoms with van der Waals surface area (Å²) in [4.78, 5) is 12.2. The van der Waals surface area contributed by atoms with E-state index in [4.69, 9.17) is 20.0 Å². The van der Waals surface area contributed by atoms with Gasteiger partial charge in [-0.25, -0.2) is 4.98 Å². The molecule has 0 amide bonds. The molecule has 10 heteroatoms. The van der Waals surface area contributed by atoms with Crippen molar-refractivity contribution < 1.29 is 4.74 Å². The highest BCUT2D eigenvalue weighted by molar-refractivity contribution is 5.92. The second-order valence-corrected chi connectivity index (χ2v) is 11.7. The van der Waals surface area contributed by atoms with E-state index in [1.54, 1.807) is 0 Å². The standard InChI is InChI=1S/C29H39N9O/c1-18-12-27(37-36-18)34-28-25-6-5-24(39-23-7-10-38(2)11-8-23)17-26(25)33-29(35-28)32-22-15-20-13-19(4-3-9-30)14-21(16-22)31-20/h5-6,12,17,19-23,31H,3-4,7-8,10-11,13-16H2,1-2H3,(H3,32,33,34,35,36,37)/t19?,20-,21+,22?. The molecule has 0 spiro atoms. The molecule has 206 valence electrons. The molecule has 2 bridgehead atoms. The van der Waals surface area contributed by atoms with Gasteiger partial charge in [0.25, 0.3) is 0 Å². The van der Waals surface area contributed by atoms with Crippen LogP contribution in [0.4, 0.5) is 17.6 Å². The summed E-state index contributed by atoms with van der Waals surface area (Å²) in [5, 5.41) is 28.1. The molecule has 0 saturated carbocycles. The first kappa shape index (κ1) is 25.8. The Morgan fingerprint density at radius 2 is 1.90 bits per heavy atom. The van der Waals surface area contributed by atoms with E-state index in [1.807, 2.05) is 31.2 Å². The second-order valence-electron chi connectivity index (χ2n) is 11.7. The second kappa shape index (κ2) is 11.4. The first-order chi connectivity index (χ1) is 19.0. The lowest BCUT2D eigenvalue weighted by molar-refractivity contribution is 0.114. The summed E-state index contributed by atoms with van der Waals surface area (Å²) in [6.07, 6.45) is 8.30. The highest BCUT2D eigenvalue weighted by Crippen LogP contribution is 2.34. The van der Waals surface area contributed by atoms with E-state index in [9.17, 15) is 0 Å². The minimum absolute atomic E-state index is 0.230. The number of H-pyrrole nitrogens is 1. The van der Waals surface area contributed by atoms with E-state index < -0.39 is 0 Å². The zero-order chi connectivity index (χ0) is 26.8. The SMILES string of the molecule is Cc1cc(Nc2nc(NC3C[C@H]4CC(CCC#N)C[C@@H](C3)N4)nc3cc(OC4CCN(C)CC4)ccc23)n[nH]1. The van der Waals surface area contributed by atoms with Crippen LogP contribution in [-0.2, 0) is 0 Å². The summed E-state index contributed by atoms with van der Waals surface area (Å²) in [5.74, 6) is 3.58. The molecule has 4 N–H and O–H groups in total. The van der Waals surface area contributed by atoms with Crippen LogP contribution in [0.3, 0.4) is 0 Å². The normalized spacial score (nSPS) is 25.8. The van der Waals surface area contributed by atoms with Crippen LogP contribution in [0.2, 0.25) is 0 Å². The summed E-state index contributed by atoms with van der Waals surface area (Å²) in [6, 6.07) is 11.6. The summed E-state index contributed by atoms with van der Waals surface area (Å²) in [5.41, 5.74) is 1.83. The zero-order valence-electron chi connectivity index (χ0n) is 22.9. The van der Waals surface area contributed by atoms with Crippen molar-refractivity contribution in [3.8, 4) is 11.8 Å². The number of aromatic nitrogens is 4. The lowest BCUT2D eigenvalue weighted by Crippen LogP contribution is -2.54. The maximum Gasteiger partial charge on any atom is 0.225 e. The van der Waals surface area contributed by atoms with Gasteiger partial charge in [0, 0.05) is 60.8 Å². The van der Waals surface area contributed by atoms with Gasteiger partial charge in [-0.3, -0.25) is 5.10 Å². The number of aryl methyl sites for hydroxylation is 1. The maximum atomic E-state index is 9.00. The van der Waals surface area contributed by atoms with E-state index in [0.717, 1.165) is 92.0 Å². The Hall–Kier alpha value is -3.42. The van der Waals surface area contributed by atoms with Crippen LogP contribution in [0.5, 0.6) is 5.75 Å². The van der Waals surface area contributed by atoms with Crippen molar-refractivity contribution in [2.45, 2.75) is 82.5 Å². The molecule has 3 fully saturated rings. The van der Waals surface area contributed by atoms with Crippen LogP contribution in [0.15, 0.2) is 24.3 Å². The van der Waals surface area contributed by atoms with E-state index >= 15 is 0 Å². The monoisotopic (exact) mass is 529 g/mol. The number of piperidine rings is 3. The fourth-order valence-corrected chi connectivity index (χ4v) is 6.53. The van der Waals surface area contributed by atoms with Crippen molar-refractivity contribution >= 4 is 28.5 Å². The van der Waals surface area contributed by atoms with E-state index in [1.165, 1.54) is 0 Å². The molecule has 6 rings (SSSR count). The van der Waals surface area contributed by atoms with Crippen molar-refractivity contribution in [1.29, 1.82) is 5.26 Å². The summed E-state index contributed by atoms with van der Waals surface area (Å²) in [7, 11) is 2.16. The van der Waals surface area contributed by atoms with E-state index in [0.29, 0.717) is 36.4 Å². The van der Waals surface area contributed by atoms with Gasteiger partial charge < -0.3 is 25.6 Å². The largest absolute Gasteiger partial charge is 0.490 e. The summed E-state index contributed by atoms with van der Waals surface area (Å²) >= 11 is 0. The number of benzene rings is 1. The zero-order valence-corrected chi connectivity index (χ0v) is 22.9. The van der Waals surface area contributed by atoms with Gasteiger partial charge in [-0.1, -0.05) is 0 Å². The van der Waals surface area contributed by atoms with Gasteiger partial charge in [0.15, 0.2) is 5.82 Å². The summed E-state index contributed by atoms with van der Waals surface area (Å²) < 4.78 is 6.38. The molecule has 39 heavy (non-hydrogen) atoms. The number of rotatable bonds is 8. The fourth-order valence-electron chi connectivity index (χ4n) is 6.53. The van der Waals surface area contributed by atoms with Gasteiger partial charge in [-0.2, -0.15) is 15.3 Å². The highest BCUT2D eigenvalue weighted by atomic mass is 16.5. The van der Waals surface area contributed by atoms with Crippen molar-refractivity contribution in [3.63, 3.8) is 0 Å². The highest BCUT2D eigenvalue weighted by Gasteiger charge is 2.35. The van der Waals surface area contributed by atoms with Gasteiger partial charge in [0.1, 0.15) is 17.7 Å². The molecule has 5 heterocycles. The number of hydrogen-bond donors (Lipinski definition) is 4. The first-order valence-corrected chi connectivity index (χ1v) is 14.4. The molecule has 10 nitrogen and oxygen atoms in total. The maximum absolute atomic E-state index is 9.00. The van der Waals surface area contributed by atoms with Crippen molar-refractivity contribution in [3.05, 3.63) is 30.0 Å². The van der Waals surface area contributed by atoms with Crippen LogP contribution < -0.4 is 20.7 Å². The Balaban J connectivity index is 1.22. The van der Waals surface area contributed by atoms with Crippen molar-refractivity contribution in [2.75, 3.05) is 30.8 Å². The van der Waals surface area contributed by atoms with Crippen molar-refractivity contribution in [1.82, 2.24) is 30.4 Å². The average molecular weight is 530 g/mol. The Kier molecular flexibility index (Phi) is 7.53. The van der Waals surface area contributed by atoms with Crippen LogP contribution in [0.25, 0.3) is 10.9 Å². The van der Waals surface area contributed by atoms with Gasteiger partial charge in [-0.15, -0.1) is 0 Å². The molecule has 3 aromatic rings. The number of fused-ring (bicyclic) bond motifs is 3. The number of anilines is 3. The van der Waals surface area contributed by atoms with Crippen molar-refractivity contribution in [2.24, 2.45) is 5.92 Å². The molecule has 1 aromatic carbocycles. The molecule has 2 unspecified atom stereocenters. The third kappa shape index (κ3) is 6.26. The first-order valence-electron chi connectivity index (χ1n) is 14.4.